The maximum Gasteiger partial charge on any atom is 0.276 e. The minimum absolute atomic E-state index is 0.107. The van der Waals surface area contributed by atoms with Crippen molar-refractivity contribution in [2.75, 3.05) is 31.9 Å². The van der Waals surface area contributed by atoms with Crippen LogP contribution in [-0.4, -0.2) is 45.2 Å². The van der Waals surface area contributed by atoms with Gasteiger partial charge in [0.05, 0.1) is 38.1 Å². The molecular formula is C22H25Cl2N3O6. The van der Waals surface area contributed by atoms with Gasteiger partial charge in [-0.2, -0.15) is 5.11 Å². The van der Waals surface area contributed by atoms with E-state index in [2.05, 4.69) is 10.2 Å². The van der Waals surface area contributed by atoms with Crippen molar-refractivity contribution in [2.24, 2.45) is 10.2 Å². The zero-order valence-electron chi connectivity index (χ0n) is 18.9. The average molecular weight is 498 g/mol. The molecule has 0 aliphatic carbocycles. The Hall–Kier alpha value is -3.04. The minimum Gasteiger partial charge on any atom is -0.494 e. The average Bonchev–Trinajstić information content (AvgIpc) is 2.79. The van der Waals surface area contributed by atoms with Gasteiger partial charge in [-0.3, -0.25) is 9.59 Å². The van der Waals surface area contributed by atoms with Crippen LogP contribution in [0.5, 0.6) is 23.0 Å². The van der Waals surface area contributed by atoms with Gasteiger partial charge in [-0.15, -0.1) is 5.11 Å². The Morgan fingerprint density at radius 2 is 1.64 bits per heavy atom. The number of ketones is 1. The predicted octanol–water partition coefficient (Wildman–Crippen LogP) is 5.38. The highest BCUT2D eigenvalue weighted by Crippen LogP contribution is 2.42. The molecule has 0 N–H and O–H groups in total. The van der Waals surface area contributed by atoms with Crippen LogP contribution in [0.25, 0.3) is 0 Å². The molecular weight excluding hydrogens is 473 g/mol. The summed E-state index contributed by atoms with van der Waals surface area (Å²) in [5, 5.41) is 8.12. The zero-order valence-corrected chi connectivity index (χ0v) is 20.4. The number of hydrogen-bond donors (Lipinski definition) is 0. The van der Waals surface area contributed by atoms with Crippen molar-refractivity contribution in [1.29, 1.82) is 0 Å². The van der Waals surface area contributed by atoms with E-state index in [0.717, 1.165) is 4.42 Å². The Bertz CT molecular complexity index is 1010. The summed E-state index contributed by atoms with van der Waals surface area (Å²) in [7, 11) is 2.86. The molecule has 2 aromatic rings. The van der Waals surface area contributed by atoms with E-state index in [1.54, 1.807) is 24.3 Å². The summed E-state index contributed by atoms with van der Waals surface area (Å²) in [6.07, 6.45) is 0. The highest BCUT2D eigenvalue weighted by Gasteiger charge is 2.30. The Balaban J connectivity index is 2.41. The smallest absolute Gasteiger partial charge is 0.276 e. The monoisotopic (exact) mass is 497 g/mol. The number of ether oxygens (including phenoxy) is 4. The number of anilines is 1. The largest absolute Gasteiger partial charge is 0.494 e. The molecule has 0 spiro atoms. The molecule has 178 valence electrons. The Kier molecular flexibility index (Phi) is 9.74. The quantitative estimate of drug-likeness (QED) is 0.234. The van der Waals surface area contributed by atoms with Crippen LogP contribution in [0.15, 0.2) is 40.6 Å². The molecule has 33 heavy (non-hydrogen) atoms. The van der Waals surface area contributed by atoms with Crippen molar-refractivity contribution in [3.63, 3.8) is 0 Å². The molecule has 0 radical (unpaired) electrons. The van der Waals surface area contributed by atoms with Crippen LogP contribution in [0.1, 0.15) is 20.8 Å². The molecule has 2 rings (SSSR count). The summed E-state index contributed by atoms with van der Waals surface area (Å²) in [5.41, 5.74) is 0.352. The normalized spacial score (nSPS) is 11.7. The highest BCUT2D eigenvalue weighted by molar-refractivity contribution is 6.39. The lowest BCUT2D eigenvalue weighted by atomic mass is 10.2. The maximum atomic E-state index is 13.1. The van der Waals surface area contributed by atoms with Crippen molar-refractivity contribution in [1.82, 2.24) is 0 Å². The Labute approximate surface area is 202 Å². The first-order valence-electron chi connectivity index (χ1n) is 9.99. The van der Waals surface area contributed by atoms with Crippen LogP contribution in [-0.2, 0) is 9.59 Å². The molecule has 1 amide bonds. The van der Waals surface area contributed by atoms with Gasteiger partial charge in [0.15, 0.2) is 17.3 Å². The van der Waals surface area contributed by atoms with Crippen LogP contribution in [0.2, 0.25) is 5.02 Å². The van der Waals surface area contributed by atoms with Gasteiger partial charge >= 0.3 is 0 Å². The molecule has 1 unspecified atom stereocenters. The van der Waals surface area contributed by atoms with E-state index >= 15 is 0 Å². The summed E-state index contributed by atoms with van der Waals surface area (Å²) < 4.78 is 22.3. The summed E-state index contributed by atoms with van der Waals surface area (Å²) in [6, 6.07) is 6.37. The first kappa shape index (κ1) is 26.2. The van der Waals surface area contributed by atoms with Crippen LogP contribution in [0.3, 0.4) is 0 Å². The third kappa shape index (κ3) is 6.49. The number of Topliss-reactive ketones (excluding diaryl/α,β-unsaturated/α-hetero) is 1. The lowest BCUT2D eigenvalue weighted by Crippen LogP contribution is -2.36. The first-order valence-corrected chi connectivity index (χ1v) is 10.7. The number of halogens is 2. The number of amides is 1. The fourth-order valence-corrected chi connectivity index (χ4v) is 3.18. The zero-order chi connectivity index (χ0) is 24.5. The molecule has 0 fully saturated rings. The summed E-state index contributed by atoms with van der Waals surface area (Å²) >= 11 is 12.5. The van der Waals surface area contributed by atoms with Gasteiger partial charge in [-0.1, -0.05) is 11.6 Å². The lowest BCUT2D eigenvalue weighted by molar-refractivity contribution is -0.126. The molecule has 0 aliphatic heterocycles. The van der Waals surface area contributed by atoms with Crippen molar-refractivity contribution in [2.45, 2.75) is 26.8 Å². The van der Waals surface area contributed by atoms with E-state index in [1.165, 1.54) is 27.2 Å². The molecule has 0 aliphatic rings. The molecule has 0 bridgehead atoms. The van der Waals surface area contributed by atoms with Crippen molar-refractivity contribution >= 4 is 46.4 Å². The van der Waals surface area contributed by atoms with Crippen LogP contribution < -0.4 is 23.4 Å². The number of rotatable bonds is 11. The van der Waals surface area contributed by atoms with E-state index in [4.69, 9.17) is 42.3 Å². The lowest BCUT2D eigenvalue weighted by Gasteiger charge is -2.19. The molecule has 2 aromatic carbocycles. The number of benzene rings is 2. The number of hydrogen-bond acceptors (Lipinski definition) is 8. The third-order valence-electron chi connectivity index (χ3n) is 4.27. The topological polar surface area (TPSA) is 99.0 Å². The van der Waals surface area contributed by atoms with E-state index in [9.17, 15) is 9.59 Å². The van der Waals surface area contributed by atoms with Crippen LogP contribution >= 0.6 is 23.4 Å². The predicted molar refractivity (Wildman–Crippen MR) is 126 cm³/mol. The molecule has 9 nitrogen and oxygen atoms in total. The number of carbonyl (C=O) groups excluding carboxylic acids is 2. The van der Waals surface area contributed by atoms with Gasteiger partial charge < -0.3 is 18.9 Å². The first-order chi connectivity index (χ1) is 15.8. The van der Waals surface area contributed by atoms with Gasteiger partial charge in [-0.05, 0) is 32.9 Å². The van der Waals surface area contributed by atoms with Crippen molar-refractivity contribution in [3.8, 4) is 23.0 Å². The van der Waals surface area contributed by atoms with Gasteiger partial charge in [-0.25, -0.2) is 4.42 Å². The van der Waals surface area contributed by atoms with Crippen LogP contribution in [0, 0.1) is 0 Å². The van der Waals surface area contributed by atoms with Crippen LogP contribution in [0.4, 0.5) is 11.4 Å². The number of carbonyl (C=O) groups is 2. The van der Waals surface area contributed by atoms with Gasteiger partial charge in [0.25, 0.3) is 5.91 Å². The second-order valence-corrected chi connectivity index (χ2v) is 7.25. The molecule has 1 atom stereocenters. The molecule has 0 aromatic heterocycles. The van der Waals surface area contributed by atoms with E-state index in [1.807, 2.05) is 13.8 Å². The molecule has 0 saturated carbocycles. The van der Waals surface area contributed by atoms with Crippen molar-refractivity contribution < 1.29 is 28.5 Å². The standard InChI is InChI=1S/C22H25Cl2N3O6/c1-6-32-15-10-14(11-16(12-15)33-7-2)27(24)22(29)19(13(3)28)25-26-20-17(23)8-9-18(30-4)21(20)31-5/h8-12,19H,6-7H2,1-5H3. The van der Waals surface area contributed by atoms with Gasteiger partial charge in [0.1, 0.15) is 17.2 Å². The summed E-state index contributed by atoms with van der Waals surface area (Å²) in [5.74, 6) is 0.0747. The fraction of sp³-hybridized carbons (Fsp3) is 0.364. The summed E-state index contributed by atoms with van der Waals surface area (Å²) in [6.45, 7) is 5.65. The second kappa shape index (κ2) is 12.3. The second-order valence-electron chi connectivity index (χ2n) is 6.51. The number of methoxy groups -OCH3 is 2. The Morgan fingerprint density at radius 1 is 1.03 bits per heavy atom. The Morgan fingerprint density at radius 3 is 2.12 bits per heavy atom. The minimum atomic E-state index is -1.53. The van der Waals surface area contributed by atoms with E-state index in [0.29, 0.717) is 30.5 Å². The van der Waals surface area contributed by atoms with E-state index < -0.39 is 17.7 Å². The van der Waals surface area contributed by atoms with Gasteiger partial charge in [0, 0.05) is 30.0 Å². The fourth-order valence-electron chi connectivity index (χ4n) is 2.80. The highest BCUT2D eigenvalue weighted by atomic mass is 35.5. The molecule has 0 saturated heterocycles. The number of nitrogens with zero attached hydrogens (tertiary/aromatic N) is 3. The van der Waals surface area contributed by atoms with Crippen molar-refractivity contribution in [3.05, 3.63) is 35.4 Å². The number of azo groups is 1. The molecule has 11 heteroatoms. The maximum absolute atomic E-state index is 13.1. The summed E-state index contributed by atoms with van der Waals surface area (Å²) in [4.78, 5) is 25.3. The van der Waals surface area contributed by atoms with E-state index in [-0.39, 0.29) is 22.1 Å². The SMILES string of the molecule is CCOc1cc(OCC)cc(N(Cl)C(=O)C(N=Nc2c(Cl)ccc(OC)c2OC)C(C)=O)c1. The molecule has 0 heterocycles. The third-order valence-corrected chi connectivity index (χ3v) is 4.94. The van der Waals surface area contributed by atoms with Gasteiger partial charge in [0.2, 0.25) is 6.04 Å².